The second-order valence-electron chi connectivity index (χ2n) is 6.43. The van der Waals surface area contributed by atoms with Gasteiger partial charge < -0.3 is 15.6 Å². The van der Waals surface area contributed by atoms with Crippen LogP contribution in [-0.2, 0) is 4.79 Å². The zero-order valence-corrected chi connectivity index (χ0v) is 14.5. The molecule has 1 saturated carbocycles. The Balaban J connectivity index is 1.49. The summed E-state index contributed by atoms with van der Waals surface area (Å²) in [5.41, 5.74) is 2.20. The summed E-state index contributed by atoms with van der Waals surface area (Å²) in [5, 5.41) is 6.06. The van der Waals surface area contributed by atoms with Gasteiger partial charge >= 0.3 is 6.03 Å². The van der Waals surface area contributed by atoms with E-state index in [9.17, 15) is 9.59 Å². The number of urea groups is 1. The molecule has 2 amide bonds. The predicted molar refractivity (Wildman–Crippen MR) is 96.6 cm³/mol. The Bertz CT molecular complexity index is 799. The molecule has 132 valence electrons. The number of halogens is 1. The number of fused-ring (bicyclic) bond motifs is 1. The van der Waals surface area contributed by atoms with Crippen LogP contribution in [0.5, 0.6) is 0 Å². The molecule has 3 N–H and O–H groups in total. The fourth-order valence-corrected chi connectivity index (χ4v) is 3.58. The third kappa shape index (κ3) is 4.81. The lowest BCUT2D eigenvalue weighted by Gasteiger charge is -2.28. The Morgan fingerprint density at radius 3 is 3.08 bits per heavy atom. The summed E-state index contributed by atoms with van der Waals surface area (Å²) >= 11 is 5.83. The zero-order chi connectivity index (χ0) is 17.6. The topological polar surface area (TPSA) is 99.2 Å². The van der Waals surface area contributed by atoms with Crippen molar-refractivity contribution >= 4 is 40.4 Å². The average Bonchev–Trinajstić information content (AvgIpc) is 2.98. The number of hydrogen-bond acceptors (Lipinski definition) is 4. The van der Waals surface area contributed by atoms with Crippen LogP contribution >= 0.6 is 11.6 Å². The molecule has 7 nitrogen and oxygen atoms in total. The Labute approximate surface area is 150 Å². The Kier molecular flexibility index (Phi) is 5.68. The van der Waals surface area contributed by atoms with E-state index in [0.717, 1.165) is 36.7 Å². The molecule has 1 fully saturated rings. The number of H-pyrrole nitrogens is 1. The van der Waals surface area contributed by atoms with Crippen molar-refractivity contribution in [2.75, 3.05) is 18.4 Å². The summed E-state index contributed by atoms with van der Waals surface area (Å²) in [4.78, 5) is 33.1. The largest absolute Gasteiger partial charge is 0.338 e. The lowest BCUT2D eigenvalue weighted by atomic mass is 9.81. The van der Waals surface area contributed by atoms with Crippen molar-refractivity contribution in [3.05, 3.63) is 23.5 Å². The number of aromatic amines is 1. The summed E-state index contributed by atoms with van der Waals surface area (Å²) in [5.74, 6) is 0.831. The molecule has 1 heterocycles. The molecule has 1 aromatic heterocycles. The van der Waals surface area contributed by atoms with Gasteiger partial charge in [0.2, 0.25) is 11.4 Å². The van der Waals surface area contributed by atoms with Gasteiger partial charge in [0.25, 0.3) is 0 Å². The van der Waals surface area contributed by atoms with Crippen LogP contribution in [0.2, 0.25) is 5.28 Å². The van der Waals surface area contributed by atoms with Gasteiger partial charge in [-0.15, -0.1) is 0 Å². The van der Waals surface area contributed by atoms with Crippen LogP contribution in [0.3, 0.4) is 0 Å². The predicted octanol–water partition coefficient (Wildman–Crippen LogP) is 3.48. The number of carbonyl (C=O) groups excluding carboxylic acids is 2. The highest BCUT2D eigenvalue weighted by molar-refractivity contribution is 6.29. The monoisotopic (exact) mass is 361 g/mol. The molecule has 0 spiro atoms. The van der Waals surface area contributed by atoms with E-state index in [1.807, 2.05) is 0 Å². The highest BCUT2D eigenvalue weighted by Crippen LogP contribution is 2.28. The van der Waals surface area contributed by atoms with Crippen molar-refractivity contribution in [1.29, 1.82) is 0 Å². The maximum atomic E-state index is 12.1. The van der Waals surface area contributed by atoms with Crippen molar-refractivity contribution in [3.8, 4) is 0 Å². The Morgan fingerprint density at radius 1 is 1.40 bits per heavy atom. The quantitative estimate of drug-likeness (QED) is 0.561. The molecule has 1 aliphatic rings. The number of aromatic nitrogens is 2. The minimum atomic E-state index is -0.238. The van der Waals surface area contributed by atoms with E-state index in [0.29, 0.717) is 35.9 Å². The van der Waals surface area contributed by atoms with Crippen molar-refractivity contribution in [2.24, 2.45) is 16.8 Å². The Morgan fingerprint density at radius 2 is 2.24 bits per heavy atom. The van der Waals surface area contributed by atoms with E-state index < -0.39 is 0 Å². The zero-order valence-electron chi connectivity index (χ0n) is 13.7. The molecule has 0 radical (unpaired) electrons. The van der Waals surface area contributed by atoms with E-state index in [-0.39, 0.29) is 6.03 Å². The molecule has 2 aromatic rings. The Hall–Kier alpha value is -2.37. The molecule has 8 heteroatoms. The van der Waals surface area contributed by atoms with Gasteiger partial charge in [-0.3, -0.25) is 0 Å². The fourth-order valence-electron chi connectivity index (χ4n) is 3.39. The second kappa shape index (κ2) is 8.14. The number of aliphatic imine (C=N–C) groups is 1. The number of isocyanates is 1. The van der Waals surface area contributed by atoms with Gasteiger partial charge in [-0.25, -0.2) is 19.6 Å². The summed E-state index contributed by atoms with van der Waals surface area (Å²) in [6.07, 6.45) is 5.85. The molecule has 1 aromatic carbocycles. The van der Waals surface area contributed by atoms with Crippen LogP contribution in [0.15, 0.2) is 23.2 Å². The molecule has 3 rings (SSSR count). The first kappa shape index (κ1) is 17.5. The molecule has 0 aliphatic heterocycles. The van der Waals surface area contributed by atoms with E-state index in [1.54, 1.807) is 24.3 Å². The first-order chi connectivity index (χ1) is 12.1. The van der Waals surface area contributed by atoms with Crippen LogP contribution in [0, 0.1) is 11.8 Å². The van der Waals surface area contributed by atoms with Crippen LogP contribution in [0.4, 0.5) is 10.5 Å². The smallest absolute Gasteiger partial charge is 0.319 e. The molecule has 0 bridgehead atoms. The van der Waals surface area contributed by atoms with Crippen LogP contribution in [0.1, 0.15) is 25.7 Å². The summed E-state index contributed by atoms with van der Waals surface area (Å²) in [6.45, 7) is 1.16. The highest BCUT2D eigenvalue weighted by atomic mass is 35.5. The van der Waals surface area contributed by atoms with Crippen molar-refractivity contribution in [3.63, 3.8) is 0 Å². The number of nitrogens with one attached hydrogen (secondary N) is 3. The van der Waals surface area contributed by atoms with Crippen LogP contribution in [-0.4, -0.2) is 35.2 Å². The minimum absolute atomic E-state index is 0.238. The van der Waals surface area contributed by atoms with Gasteiger partial charge in [0.1, 0.15) is 0 Å². The molecule has 25 heavy (non-hydrogen) atoms. The number of benzene rings is 1. The summed E-state index contributed by atoms with van der Waals surface area (Å²) in [7, 11) is 0. The SMILES string of the molecule is O=C=NCC1CCCC(CNC(=O)Nc2ccc3nc(Cl)[nH]c3c2)C1. The lowest BCUT2D eigenvalue weighted by Crippen LogP contribution is -2.35. The maximum absolute atomic E-state index is 12.1. The van der Waals surface area contributed by atoms with Gasteiger partial charge in [0.05, 0.1) is 17.6 Å². The van der Waals surface area contributed by atoms with E-state index in [2.05, 4.69) is 25.6 Å². The second-order valence-corrected chi connectivity index (χ2v) is 6.78. The number of anilines is 1. The summed E-state index contributed by atoms with van der Waals surface area (Å²) in [6, 6.07) is 5.14. The number of nitrogens with zero attached hydrogens (tertiary/aromatic N) is 2. The standard InChI is InChI=1S/C17H20ClN5O2/c18-16-22-14-5-4-13(7-15(14)23-16)21-17(25)20-9-12-3-1-2-11(6-12)8-19-10-24/h4-5,7,11-12H,1-3,6,8-9H2,(H,22,23)(H2,20,21,25). The first-order valence-electron chi connectivity index (χ1n) is 8.38. The fraction of sp³-hybridized carbons (Fsp3) is 0.471. The normalized spacial score (nSPS) is 20.0. The number of amides is 2. The van der Waals surface area contributed by atoms with Crippen LogP contribution < -0.4 is 10.6 Å². The van der Waals surface area contributed by atoms with Crippen LogP contribution in [0.25, 0.3) is 11.0 Å². The number of imidazole rings is 1. The van der Waals surface area contributed by atoms with E-state index in [4.69, 9.17) is 11.6 Å². The van der Waals surface area contributed by atoms with Gasteiger partial charge in [-0.05, 0) is 60.9 Å². The average molecular weight is 362 g/mol. The molecule has 1 aliphatic carbocycles. The minimum Gasteiger partial charge on any atom is -0.338 e. The van der Waals surface area contributed by atoms with Gasteiger partial charge in [0.15, 0.2) is 0 Å². The molecule has 2 atom stereocenters. The highest BCUT2D eigenvalue weighted by Gasteiger charge is 2.22. The third-order valence-electron chi connectivity index (χ3n) is 4.57. The summed E-state index contributed by atoms with van der Waals surface area (Å²) < 4.78 is 0. The maximum Gasteiger partial charge on any atom is 0.319 e. The van der Waals surface area contributed by atoms with Gasteiger partial charge in [0, 0.05) is 12.2 Å². The number of carbonyl (C=O) groups is 1. The third-order valence-corrected chi connectivity index (χ3v) is 4.75. The number of hydrogen-bond donors (Lipinski definition) is 3. The molecule has 2 unspecified atom stereocenters. The lowest BCUT2D eigenvalue weighted by molar-refractivity contribution is 0.239. The first-order valence-corrected chi connectivity index (χ1v) is 8.75. The van der Waals surface area contributed by atoms with Crippen molar-refractivity contribution in [1.82, 2.24) is 15.3 Å². The molecule has 0 saturated heterocycles. The van der Waals surface area contributed by atoms with Gasteiger partial charge in [-0.2, -0.15) is 0 Å². The molecular weight excluding hydrogens is 342 g/mol. The van der Waals surface area contributed by atoms with Crippen molar-refractivity contribution < 1.29 is 9.59 Å². The van der Waals surface area contributed by atoms with Crippen molar-refractivity contribution in [2.45, 2.75) is 25.7 Å². The molecular formula is C17H20ClN5O2. The number of rotatable bonds is 5. The van der Waals surface area contributed by atoms with E-state index >= 15 is 0 Å². The van der Waals surface area contributed by atoms with Gasteiger partial charge in [-0.1, -0.05) is 6.42 Å². The van der Waals surface area contributed by atoms with E-state index in [1.165, 1.54) is 0 Å².